The zero-order valence-corrected chi connectivity index (χ0v) is 12.2. The summed E-state index contributed by atoms with van der Waals surface area (Å²) in [5.41, 5.74) is 1.67. The molecule has 0 radical (unpaired) electrons. The van der Waals surface area contributed by atoms with Crippen LogP contribution in [-0.4, -0.2) is 17.4 Å². The number of carbonyl (C=O) groups is 1. The highest BCUT2D eigenvalue weighted by atomic mass is 79.9. The third-order valence-corrected chi connectivity index (χ3v) is 3.33. The van der Waals surface area contributed by atoms with Gasteiger partial charge < -0.3 is 4.74 Å². The first-order valence-electron chi connectivity index (χ1n) is 6.00. The summed E-state index contributed by atoms with van der Waals surface area (Å²) in [6.45, 7) is 2.10. The van der Waals surface area contributed by atoms with E-state index in [1.807, 2.05) is 24.3 Å². The number of nitrogens with zero attached hydrogens (tertiary/aromatic N) is 1. The fraction of sp³-hybridized carbons (Fsp3) is 0.200. The molecule has 1 aromatic heterocycles. The lowest BCUT2D eigenvalue weighted by molar-refractivity contribution is 0.101. The number of rotatable bonds is 5. The lowest BCUT2D eigenvalue weighted by Crippen LogP contribution is -2.03. The molecule has 2 rings (SSSR count). The molecule has 0 saturated carbocycles. The number of aromatic nitrogens is 1. The van der Waals surface area contributed by atoms with E-state index >= 15 is 0 Å². The number of carbonyl (C=O) groups excluding carboxylic acids is 1. The van der Waals surface area contributed by atoms with Crippen molar-refractivity contribution >= 4 is 21.7 Å². The summed E-state index contributed by atoms with van der Waals surface area (Å²) in [6, 6.07) is 11.2. The van der Waals surface area contributed by atoms with E-state index < -0.39 is 0 Å². The Balaban J connectivity index is 1.93. The molecule has 4 heteroatoms. The van der Waals surface area contributed by atoms with Gasteiger partial charge >= 0.3 is 0 Å². The molecule has 0 spiro atoms. The van der Waals surface area contributed by atoms with Crippen molar-refractivity contribution in [3.8, 4) is 5.75 Å². The van der Waals surface area contributed by atoms with Crippen LogP contribution < -0.4 is 4.74 Å². The molecule has 1 aromatic carbocycles. The zero-order chi connectivity index (χ0) is 13.7. The van der Waals surface area contributed by atoms with Crippen LogP contribution in [0.3, 0.4) is 0 Å². The molecule has 0 aliphatic rings. The van der Waals surface area contributed by atoms with Crippen molar-refractivity contribution in [2.75, 3.05) is 6.61 Å². The fourth-order valence-corrected chi connectivity index (χ4v) is 2.33. The highest BCUT2D eigenvalue weighted by molar-refractivity contribution is 9.10. The molecule has 0 aliphatic heterocycles. The van der Waals surface area contributed by atoms with Crippen LogP contribution in [-0.2, 0) is 6.42 Å². The highest BCUT2D eigenvalue weighted by Crippen LogP contribution is 2.23. The van der Waals surface area contributed by atoms with Gasteiger partial charge in [0.1, 0.15) is 5.75 Å². The summed E-state index contributed by atoms with van der Waals surface area (Å²) in [5, 5.41) is 0. The molecule has 0 bridgehead atoms. The predicted molar refractivity (Wildman–Crippen MR) is 77.6 cm³/mol. The highest BCUT2D eigenvalue weighted by Gasteiger charge is 2.06. The Morgan fingerprint density at radius 3 is 2.79 bits per heavy atom. The number of Topliss-reactive ketones (excluding diaryl/α,β-unsaturated/α-hetero) is 1. The van der Waals surface area contributed by atoms with Gasteiger partial charge in [0, 0.05) is 28.3 Å². The van der Waals surface area contributed by atoms with Gasteiger partial charge in [-0.2, -0.15) is 0 Å². The van der Waals surface area contributed by atoms with Crippen molar-refractivity contribution in [1.82, 2.24) is 4.98 Å². The molecule has 0 unspecified atom stereocenters. The maximum atomic E-state index is 11.3. The van der Waals surface area contributed by atoms with Crippen molar-refractivity contribution in [3.05, 3.63) is 58.3 Å². The lowest BCUT2D eigenvalue weighted by atomic mass is 10.1. The van der Waals surface area contributed by atoms with E-state index in [-0.39, 0.29) is 5.78 Å². The molecular weight excluding hydrogens is 306 g/mol. The minimum atomic E-state index is 0.0342. The molecule has 0 atom stereocenters. The summed E-state index contributed by atoms with van der Waals surface area (Å²) in [5.74, 6) is 0.778. The van der Waals surface area contributed by atoms with Gasteiger partial charge in [0.15, 0.2) is 5.78 Å². The van der Waals surface area contributed by atoms with Crippen LogP contribution in [0.1, 0.15) is 23.0 Å². The Hall–Kier alpha value is -1.68. The second kappa shape index (κ2) is 6.48. The Bertz CT molecular complexity index is 570. The number of ether oxygens (including phenoxy) is 1. The minimum absolute atomic E-state index is 0.0342. The molecule has 0 saturated heterocycles. The Labute approximate surface area is 120 Å². The SMILES string of the molecule is CC(=O)c1ccc(OCCc2ccccn2)cc1Br. The quantitative estimate of drug-likeness (QED) is 0.789. The topological polar surface area (TPSA) is 39.2 Å². The average molecular weight is 320 g/mol. The van der Waals surface area contributed by atoms with Crippen molar-refractivity contribution in [1.29, 1.82) is 0 Å². The summed E-state index contributed by atoms with van der Waals surface area (Å²) in [4.78, 5) is 15.5. The van der Waals surface area contributed by atoms with Gasteiger partial charge in [0.05, 0.1) is 6.61 Å². The smallest absolute Gasteiger partial charge is 0.160 e. The van der Waals surface area contributed by atoms with Gasteiger partial charge in [-0.15, -0.1) is 0 Å². The number of hydrogen-bond donors (Lipinski definition) is 0. The second-order valence-corrected chi connectivity index (χ2v) is 4.97. The first-order chi connectivity index (χ1) is 9.16. The number of ketones is 1. The molecular formula is C15H14BrNO2. The number of pyridine rings is 1. The maximum Gasteiger partial charge on any atom is 0.160 e. The number of hydrogen-bond acceptors (Lipinski definition) is 3. The Morgan fingerprint density at radius 2 is 2.16 bits per heavy atom. The van der Waals surface area contributed by atoms with Gasteiger partial charge in [0.25, 0.3) is 0 Å². The van der Waals surface area contributed by atoms with Gasteiger partial charge in [-0.25, -0.2) is 0 Å². The van der Waals surface area contributed by atoms with E-state index in [9.17, 15) is 4.79 Å². The molecule has 0 amide bonds. The van der Waals surface area contributed by atoms with Crippen LogP contribution in [0.4, 0.5) is 0 Å². The molecule has 0 aliphatic carbocycles. The van der Waals surface area contributed by atoms with E-state index in [0.29, 0.717) is 12.2 Å². The van der Waals surface area contributed by atoms with Crippen molar-refractivity contribution in [2.24, 2.45) is 0 Å². The third-order valence-electron chi connectivity index (χ3n) is 2.67. The van der Waals surface area contributed by atoms with Crippen LogP contribution >= 0.6 is 15.9 Å². The van der Waals surface area contributed by atoms with Crippen LogP contribution in [0.15, 0.2) is 47.1 Å². The van der Waals surface area contributed by atoms with E-state index in [0.717, 1.165) is 22.3 Å². The molecule has 0 fully saturated rings. The molecule has 2 aromatic rings. The molecule has 3 nitrogen and oxygen atoms in total. The lowest BCUT2D eigenvalue weighted by Gasteiger charge is -2.08. The second-order valence-electron chi connectivity index (χ2n) is 4.12. The van der Waals surface area contributed by atoms with Crippen LogP contribution in [0.2, 0.25) is 0 Å². The van der Waals surface area contributed by atoms with Crippen LogP contribution in [0, 0.1) is 0 Å². The van der Waals surface area contributed by atoms with Gasteiger partial charge in [0.2, 0.25) is 0 Å². The average Bonchev–Trinajstić information content (AvgIpc) is 2.39. The Kier molecular flexibility index (Phi) is 4.68. The normalized spacial score (nSPS) is 10.2. The monoisotopic (exact) mass is 319 g/mol. The molecule has 1 heterocycles. The van der Waals surface area contributed by atoms with E-state index in [1.54, 1.807) is 25.3 Å². The first kappa shape index (κ1) is 13.7. The number of halogens is 1. The summed E-state index contributed by atoms with van der Waals surface area (Å²) in [6.07, 6.45) is 2.53. The standard InChI is InChI=1S/C15H14BrNO2/c1-11(18)14-6-5-13(10-15(14)16)19-9-7-12-4-2-3-8-17-12/h2-6,8,10H,7,9H2,1H3. The van der Waals surface area contributed by atoms with Crippen LogP contribution in [0.5, 0.6) is 5.75 Å². The van der Waals surface area contributed by atoms with Crippen molar-refractivity contribution < 1.29 is 9.53 Å². The largest absolute Gasteiger partial charge is 0.493 e. The van der Waals surface area contributed by atoms with Gasteiger partial charge in [-0.3, -0.25) is 9.78 Å². The molecule has 0 N–H and O–H groups in total. The maximum absolute atomic E-state index is 11.3. The van der Waals surface area contributed by atoms with Crippen molar-refractivity contribution in [3.63, 3.8) is 0 Å². The minimum Gasteiger partial charge on any atom is -0.493 e. The van der Waals surface area contributed by atoms with E-state index in [4.69, 9.17) is 4.74 Å². The van der Waals surface area contributed by atoms with E-state index in [1.165, 1.54) is 0 Å². The van der Waals surface area contributed by atoms with Gasteiger partial charge in [-0.1, -0.05) is 6.07 Å². The predicted octanol–water partition coefficient (Wildman–Crippen LogP) is 3.67. The third kappa shape index (κ3) is 3.89. The van der Waals surface area contributed by atoms with Crippen molar-refractivity contribution in [2.45, 2.75) is 13.3 Å². The van der Waals surface area contributed by atoms with Gasteiger partial charge in [-0.05, 0) is 53.2 Å². The number of benzene rings is 1. The molecule has 98 valence electrons. The molecule has 19 heavy (non-hydrogen) atoms. The first-order valence-corrected chi connectivity index (χ1v) is 6.79. The summed E-state index contributed by atoms with van der Waals surface area (Å²) < 4.78 is 6.40. The van der Waals surface area contributed by atoms with E-state index in [2.05, 4.69) is 20.9 Å². The fourth-order valence-electron chi connectivity index (χ4n) is 1.69. The Morgan fingerprint density at radius 1 is 1.32 bits per heavy atom. The van der Waals surface area contributed by atoms with Crippen LogP contribution in [0.25, 0.3) is 0 Å². The zero-order valence-electron chi connectivity index (χ0n) is 10.6. The summed E-state index contributed by atoms with van der Waals surface area (Å²) in [7, 11) is 0. The summed E-state index contributed by atoms with van der Waals surface area (Å²) >= 11 is 3.37.